The van der Waals surface area contributed by atoms with Gasteiger partial charge in [0.1, 0.15) is 0 Å². The van der Waals surface area contributed by atoms with Gasteiger partial charge < -0.3 is 15.1 Å². The Morgan fingerprint density at radius 3 is 2.21 bits per heavy atom. The third kappa shape index (κ3) is 5.43. The Labute approximate surface area is 169 Å². The number of carbonyl (C=O) groups is 1. The second-order valence-electron chi connectivity index (χ2n) is 8.18. The Balaban J connectivity index is 1.52. The van der Waals surface area contributed by atoms with E-state index in [-0.39, 0.29) is 5.91 Å². The van der Waals surface area contributed by atoms with Crippen LogP contribution in [0.15, 0.2) is 54.6 Å². The maximum atomic E-state index is 12.6. The zero-order valence-electron chi connectivity index (χ0n) is 17.4. The van der Waals surface area contributed by atoms with Crippen LogP contribution in [0.1, 0.15) is 41.3 Å². The molecule has 0 bridgehead atoms. The minimum absolute atomic E-state index is 0.150. The molecule has 28 heavy (non-hydrogen) atoms. The molecule has 0 saturated carbocycles. The molecule has 1 N–H and O–H groups in total. The second-order valence-corrected chi connectivity index (χ2v) is 8.18. The summed E-state index contributed by atoms with van der Waals surface area (Å²) in [6.07, 6.45) is 0. The predicted octanol–water partition coefficient (Wildman–Crippen LogP) is 3.60. The Morgan fingerprint density at radius 2 is 1.61 bits per heavy atom. The van der Waals surface area contributed by atoms with E-state index in [0.717, 1.165) is 44.8 Å². The molecule has 4 heteroatoms. The smallest absolute Gasteiger partial charge is 0.253 e. The highest BCUT2D eigenvalue weighted by Gasteiger charge is 2.20. The van der Waals surface area contributed by atoms with Crippen molar-refractivity contribution in [3.05, 3.63) is 71.3 Å². The molecular formula is C24H33N3O. The van der Waals surface area contributed by atoms with E-state index >= 15 is 0 Å². The summed E-state index contributed by atoms with van der Waals surface area (Å²) in [5.41, 5.74) is 3.39. The van der Waals surface area contributed by atoms with E-state index in [0.29, 0.717) is 11.8 Å². The SMILES string of the molecule is CC(C)C(CNCc1ccc(C(=O)N2CCN(C)CC2)cc1)c1ccccc1. The number of benzene rings is 2. The fraction of sp³-hybridized carbons (Fsp3) is 0.458. The number of nitrogens with zero attached hydrogens (tertiary/aromatic N) is 2. The van der Waals surface area contributed by atoms with Gasteiger partial charge in [0.25, 0.3) is 5.91 Å². The third-order valence-electron chi connectivity index (χ3n) is 5.72. The Morgan fingerprint density at radius 1 is 0.964 bits per heavy atom. The molecule has 1 aliphatic heterocycles. The third-order valence-corrected chi connectivity index (χ3v) is 5.72. The van der Waals surface area contributed by atoms with Crippen LogP contribution in [-0.2, 0) is 6.54 Å². The molecule has 0 aromatic heterocycles. The lowest BCUT2D eigenvalue weighted by atomic mass is 9.88. The van der Waals surface area contributed by atoms with Crippen LogP contribution in [-0.4, -0.2) is 55.5 Å². The van der Waals surface area contributed by atoms with Gasteiger partial charge in [-0.15, -0.1) is 0 Å². The number of nitrogens with one attached hydrogen (secondary N) is 1. The molecule has 2 aromatic carbocycles. The van der Waals surface area contributed by atoms with Crippen LogP contribution < -0.4 is 5.32 Å². The van der Waals surface area contributed by atoms with Crippen molar-refractivity contribution in [2.24, 2.45) is 5.92 Å². The van der Waals surface area contributed by atoms with E-state index in [1.165, 1.54) is 11.1 Å². The normalized spacial score (nSPS) is 16.4. The maximum absolute atomic E-state index is 12.6. The van der Waals surface area contributed by atoms with Gasteiger partial charge in [0.05, 0.1) is 0 Å². The van der Waals surface area contributed by atoms with Crippen LogP contribution in [0.5, 0.6) is 0 Å². The summed E-state index contributed by atoms with van der Waals surface area (Å²) in [7, 11) is 2.10. The molecule has 4 nitrogen and oxygen atoms in total. The molecule has 1 heterocycles. The largest absolute Gasteiger partial charge is 0.336 e. The van der Waals surface area contributed by atoms with E-state index in [9.17, 15) is 4.79 Å². The summed E-state index contributed by atoms with van der Waals surface area (Å²) in [4.78, 5) is 16.9. The minimum Gasteiger partial charge on any atom is -0.336 e. The average Bonchev–Trinajstić information content (AvgIpc) is 2.72. The summed E-state index contributed by atoms with van der Waals surface area (Å²) in [5, 5.41) is 3.60. The van der Waals surface area contributed by atoms with Crippen molar-refractivity contribution in [3.8, 4) is 0 Å². The number of hydrogen-bond acceptors (Lipinski definition) is 3. The first-order valence-corrected chi connectivity index (χ1v) is 10.4. The molecule has 2 aromatic rings. The molecule has 1 atom stereocenters. The van der Waals surface area contributed by atoms with Crippen molar-refractivity contribution >= 4 is 5.91 Å². The molecule has 1 fully saturated rings. The molecule has 1 aliphatic rings. The topological polar surface area (TPSA) is 35.6 Å². The van der Waals surface area contributed by atoms with Gasteiger partial charge in [0.2, 0.25) is 0 Å². The summed E-state index contributed by atoms with van der Waals surface area (Å²) in [6, 6.07) is 18.8. The number of amides is 1. The molecule has 1 amide bonds. The maximum Gasteiger partial charge on any atom is 0.253 e. The minimum atomic E-state index is 0.150. The summed E-state index contributed by atoms with van der Waals surface area (Å²) >= 11 is 0. The van der Waals surface area contributed by atoms with Gasteiger partial charge in [-0.1, -0.05) is 56.3 Å². The van der Waals surface area contributed by atoms with Crippen molar-refractivity contribution in [1.82, 2.24) is 15.1 Å². The van der Waals surface area contributed by atoms with Gasteiger partial charge in [-0.25, -0.2) is 0 Å². The van der Waals surface area contributed by atoms with Crippen molar-refractivity contribution in [2.75, 3.05) is 39.8 Å². The van der Waals surface area contributed by atoms with E-state index < -0.39 is 0 Å². The van der Waals surface area contributed by atoms with E-state index in [1.54, 1.807) is 0 Å². The lowest BCUT2D eigenvalue weighted by Crippen LogP contribution is -2.47. The van der Waals surface area contributed by atoms with E-state index in [4.69, 9.17) is 0 Å². The lowest BCUT2D eigenvalue weighted by Gasteiger charge is -2.32. The van der Waals surface area contributed by atoms with Gasteiger partial charge in [-0.2, -0.15) is 0 Å². The predicted molar refractivity (Wildman–Crippen MR) is 116 cm³/mol. The zero-order valence-corrected chi connectivity index (χ0v) is 17.4. The monoisotopic (exact) mass is 379 g/mol. The Bertz CT molecular complexity index is 734. The van der Waals surface area contributed by atoms with Crippen LogP contribution in [0.3, 0.4) is 0 Å². The quantitative estimate of drug-likeness (QED) is 0.798. The fourth-order valence-corrected chi connectivity index (χ4v) is 3.77. The number of likely N-dealkylation sites (N-methyl/N-ethyl adjacent to an activating group) is 1. The fourth-order valence-electron chi connectivity index (χ4n) is 3.77. The van der Waals surface area contributed by atoms with Gasteiger partial charge >= 0.3 is 0 Å². The Kier molecular flexibility index (Phi) is 7.24. The molecule has 1 saturated heterocycles. The van der Waals surface area contributed by atoms with Crippen LogP contribution in [0, 0.1) is 5.92 Å². The zero-order chi connectivity index (χ0) is 19.9. The molecule has 0 spiro atoms. The second kappa shape index (κ2) is 9.85. The molecular weight excluding hydrogens is 346 g/mol. The molecule has 150 valence electrons. The van der Waals surface area contributed by atoms with E-state index in [1.807, 2.05) is 17.0 Å². The van der Waals surface area contributed by atoms with Gasteiger partial charge in [-0.3, -0.25) is 4.79 Å². The standard InChI is InChI=1S/C24H33N3O/c1-19(2)23(21-7-5-4-6-8-21)18-25-17-20-9-11-22(12-10-20)24(28)27-15-13-26(3)14-16-27/h4-12,19,23,25H,13-18H2,1-3H3. The first kappa shape index (κ1) is 20.6. The molecule has 3 rings (SSSR count). The van der Waals surface area contributed by atoms with Crippen LogP contribution in [0.2, 0.25) is 0 Å². The molecule has 0 radical (unpaired) electrons. The number of piperazine rings is 1. The molecule has 0 aliphatic carbocycles. The van der Waals surface area contributed by atoms with Crippen molar-refractivity contribution in [1.29, 1.82) is 0 Å². The summed E-state index contributed by atoms with van der Waals surface area (Å²) in [6.45, 7) is 9.85. The lowest BCUT2D eigenvalue weighted by molar-refractivity contribution is 0.0664. The highest BCUT2D eigenvalue weighted by molar-refractivity contribution is 5.94. The van der Waals surface area contributed by atoms with Crippen molar-refractivity contribution in [2.45, 2.75) is 26.3 Å². The van der Waals surface area contributed by atoms with Crippen LogP contribution in [0.4, 0.5) is 0 Å². The Hall–Kier alpha value is -2.17. The highest BCUT2D eigenvalue weighted by atomic mass is 16.2. The van der Waals surface area contributed by atoms with Gasteiger partial charge in [0.15, 0.2) is 0 Å². The average molecular weight is 380 g/mol. The number of rotatable bonds is 7. The van der Waals surface area contributed by atoms with Crippen LogP contribution in [0.25, 0.3) is 0 Å². The van der Waals surface area contributed by atoms with Crippen molar-refractivity contribution < 1.29 is 4.79 Å². The number of hydrogen-bond donors (Lipinski definition) is 1. The molecule has 1 unspecified atom stereocenters. The van der Waals surface area contributed by atoms with Gasteiger partial charge in [-0.05, 0) is 42.1 Å². The summed E-state index contributed by atoms with van der Waals surface area (Å²) in [5.74, 6) is 1.23. The highest BCUT2D eigenvalue weighted by Crippen LogP contribution is 2.23. The summed E-state index contributed by atoms with van der Waals surface area (Å²) < 4.78 is 0. The van der Waals surface area contributed by atoms with Crippen LogP contribution >= 0.6 is 0 Å². The van der Waals surface area contributed by atoms with Gasteiger partial charge in [0, 0.05) is 44.8 Å². The number of carbonyl (C=O) groups excluding carboxylic acids is 1. The first-order valence-electron chi connectivity index (χ1n) is 10.4. The van der Waals surface area contributed by atoms with E-state index in [2.05, 4.69) is 73.6 Å². The first-order chi connectivity index (χ1) is 13.5. The van der Waals surface area contributed by atoms with Crippen molar-refractivity contribution in [3.63, 3.8) is 0 Å².